The minimum absolute atomic E-state index is 0.0122. The van der Waals surface area contributed by atoms with Crippen LogP contribution in [0.4, 0.5) is 17.6 Å². The van der Waals surface area contributed by atoms with Crippen LogP contribution in [0.2, 0.25) is 0 Å². The van der Waals surface area contributed by atoms with Gasteiger partial charge in [0.15, 0.2) is 11.6 Å². The van der Waals surface area contributed by atoms with E-state index in [4.69, 9.17) is 4.74 Å². The third-order valence-electron chi connectivity index (χ3n) is 2.99. The van der Waals surface area contributed by atoms with Crippen molar-refractivity contribution in [1.82, 2.24) is 4.57 Å². The van der Waals surface area contributed by atoms with Crippen LogP contribution in [0, 0.1) is 5.82 Å². The van der Waals surface area contributed by atoms with Crippen molar-refractivity contribution in [2.75, 3.05) is 20.3 Å². The summed E-state index contributed by atoms with van der Waals surface area (Å²) in [5.74, 6) is -0.670. The standard InChI is InChI=1S/C14H13F4NO3/c1-21-12-6-9-2-3-19(4-5-22-8-14(16,17)18)13(20)10(9)7-11(12)15/h2-3,6-7H,4-5,8H2,1H3. The third-order valence-corrected chi connectivity index (χ3v) is 2.99. The smallest absolute Gasteiger partial charge is 0.411 e. The van der Waals surface area contributed by atoms with Crippen molar-refractivity contribution < 1.29 is 27.0 Å². The van der Waals surface area contributed by atoms with E-state index in [9.17, 15) is 22.4 Å². The zero-order chi connectivity index (χ0) is 16.3. The van der Waals surface area contributed by atoms with Gasteiger partial charge in [0.25, 0.3) is 5.56 Å². The summed E-state index contributed by atoms with van der Waals surface area (Å²) in [5.41, 5.74) is -0.505. The molecule has 1 aromatic carbocycles. The third kappa shape index (κ3) is 3.76. The number of methoxy groups -OCH3 is 1. The number of rotatable bonds is 5. The summed E-state index contributed by atoms with van der Waals surface area (Å²) < 4.78 is 59.9. The molecule has 0 N–H and O–H groups in total. The fraction of sp³-hybridized carbons (Fsp3) is 0.357. The molecule has 0 fully saturated rings. The molecule has 2 aromatic rings. The van der Waals surface area contributed by atoms with Crippen LogP contribution < -0.4 is 10.3 Å². The van der Waals surface area contributed by atoms with Gasteiger partial charge in [0.1, 0.15) is 6.61 Å². The molecule has 0 atom stereocenters. The first-order chi connectivity index (χ1) is 10.3. The maximum Gasteiger partial charge on any atom is 0.411 e. The monoisotopic (exact) mass is 319 g/mol. The number of hydrogen-bond acceptors (Lipinski definition) is 3. The molecule has 8 heteroatoms. The number of ether oxygens (including phenoxy) is 2. The molecule has 1 aromatic heterocycles. The average molecular weight is 319 g/mol. The summed E-state index contributed by atoms with van der Waals surface area (Å²) in [7, 11) is 1.31. The number of nitrogens with zero attached hydrogens (tertiary/aromatic N) is 1. The molecule has 22 heavy (non-hydrogen) atoms. The van der Waals surface area contributed by atoms with Gasteiger partial charge in [-0.15, -0.1) is 0 Å². The normalized spacial score (nSPS) is 11.9. The van der Waals surface area contributed by atoms with E-state index in [1.807, 2.05) is 0 Å². The maximum absolute atomic E-state index is 13.6. The molecule has 0 aliphatic rings. The molecule has 0 spiro atoms. The predicted octanol–water partition coefficient (Wildman–Crippen LogP) is 2.73. The first-order valence-electron chi connectivity index (χ1n) is 6.33. The number of hydrogen-bond donors (Lipinski definition) is 0. The zero-order valence-corrected chi connectivity index (χ0v) is 11.6. The molecule has 0 aliphatic carbocycles. The average Bonchev–Trinajstić information content (AvgIpc) is 2.44. The van der Waals surface area contributed by atoms with Gasteiger partial charge in [0.05, 0.1) is 19.1 Å². The minimum atomic E-state index is -4.41. The molecule has 120 valence electrons. The fourth-order valence-corrected chi connectivity index (χ4v) is 1.97. The summed E-state index contributed by atoms with van der Waals surface area (Å²) >= 11 is 0. The summed E-state index contributed by atoms with van der Waals surface area (Å²) in [4.78, 5) is 12.1. The lowest BCUT2D eigenvalue weighted by molar-refractivity contribution is -0.174. The van der Waals surface area contributed by atoms with Crippen molar-refractivity contribution in [1.29, 1.82) is 0 Å². The van der Waals surface area contributed by atoms with Crippen molar-refractivity contribution in [3.8, 4) is 5.75 Å². The highest BCUT2D eigenvalue weighted by Gasteiger charge is 2.27. The summed E-state index contributed by atoms with van der Waals surface area (Å²) in [6, 6.07) is 3.99. The minimum Gasteiger partial charge on any atom is -0.494 e. The maximum atomic E-state index is 13.6. The van der Waals surface area contributed by atoms with Crippen molar-refractivity contribution in [2.45, 2.75) is 12.7 Å². The Morgan fingerprint density at radius 3 is 2.64 bits per heavy atom. The van der Waals surface area contributed by atoms with Crippen LogP contribution >= 0.6 is 0 Å². The number of benzene rings is 1. The Balaban J connectivity index is 2.19. The van der Waals surface area contributed by atoms with Gasteiger partial charge < -0.3 is 14.0 Å². The lowest BCUT2D eigenvalue weighted by atomic mass is 10.1. The lowest BCUT2D eigenvalue weighted by Gasteiger charge is -2.10. The van der Waals surface area contributed by atoms with Crippen LogP contribution in [0.5, 0.6) is 5.75 Å². The van der Waals surface area contributed by atoms with Crippen molar-refractivity contribution >= 4 is 10.8 Å². The summed E-state index contributed by atoms with van der Waals surface area (Å²) in [6.07, 6.45) is -2.99. The molecule has 0 saturated heterocycles. The Bertz CT molecular complexity index is 724. The number of alkyl halides is 3. The molecule has 0 saturated carbocycles. The fourth-order valence-electron chi connectivity index (χ4n) is 1.97. The van der Waals surface area contributed by atoms with E-state index in [0.29, 0.717) is 5.39 Å². The highest BCUT2D eigenvalue weighted by atomic mass is 19.4. The second-order valence-corrected chi connectivity index (χ2v) is 4.56. The molecule has 0 amide bonds. The highest BCUT2D eigenvalue weighted by molar-refractivity contribution is 5.83. The first kappa shape index (κ1) is 16.3. The Labute approximate surface area is 122 Å². The van der Waals surface area contributed by atoms with Gasteiger partial charge in [-0.25, -0.2) is 4.39 Å². The molecular formula is C14H13F4NO3. The van der Waals surface area contributed by atoms with Crippen molar-refractivity contribution in [2.24, 2.45) is 0 Å². The molecule has 0 bridgehead atoms. The quantitative estimate of drug-likeness (QED) is 0.628. The zero-order valence-electron chi connectivity index (χ0n) is 11.6. The van der Waals surface area contributed by atoms with Crippen LogP contribution in [0.25, 0.3) is 10.8 Å². The van der Waals surface area contributed by atoms with Crippen LogP contribution in [0.15, 0.2) is 29.2 Å². The van der Waals surface area contributed by atoms with Crippen LogP contribution in [-0.4, -0.2) is 31.1 Å². The second-order valence-electron chi connectivity index (χ2n) is 4.56. The van der Waals surface area contributed by atoms with Gasteiger partial charge in [-0.1, -0.05) is 0 Å². The van der Waals surface area contributed by atoms with Gasteiger partial charge >= 0.3 is 6.18 Å². The molecule has 1 heterocycles. The number of aromatic nitrogens is 1. The van der Waals surface area contributed by atoms with E-state index in [1.165, 1.54) is 23.9 Å². The van der Waals surface area contributed by atoms with Crippen molar-refractivity contribution in [3.05, 3.63) is 40.6 Å². The van der Waals surface area contributed by atoms with E-state index in [2.05, 4.69) is 4.74 Å². The Kier molecular flexibility index (Phi) is 4.70. The van der Waals surface area contributed by atoms with Gasteiger partial charge in [0.2, 0.25) is 0 Å². The number of pyridine rings is 1. The van der Waals surface area contributed by atoms with Gasteiger partial charge in [-0.3, -0.25) is 4.79 Å². The number of halogens is 4. The van der Waals surface area contributed by atoms with Gasteiger partial charge in [-0.05, 0) is 23.6 Å². The van der Waals surface area contributed by atoms with E-state index in [-0.39, 0.29) is 24.3 Å². The molecule has 4 nitrogen and oxygen atoms in total. The van der Waals surface area contributed by atoms with E-state index in [1.54, 1.807) is 6.07 Å². The van der Waals surface area contributed by atoms with Crippen LogP contribution in [-0.2, 0) is 11.3 Å². The Morgan fingerprint density at radius 2 is 2.00 bits per heavy atom. The second kappa shape index (κ2) is 6.35. The van der Waals surface area contributed by atoms with E-state index < -0.39 is 24.2 Å². The largest absolute Gasteiger partial charge is 0.494 e. The SMILES string of the molecule is COc1cc2ccn(CCOCC(F)(F)F)c(=O)c2cc1F. The molecule has 2 rings (SSSR count). The Morgan fingerprint density at radius 1 is 1.27 bits per heavy atom. The highest BCUT2D eigenvalue weighted by Crippen LogP contribution is 2.22. The summed E-state index contributed by atoms with van der Waals surface area (Å²) in [5, 5.41) is 0.604. The topological polar surface area (TPSA) is 40.5 Å². The molecule has 0 aliphatic heterocycles. The Hall–Kier alpha value is -2.09. The molecule has 0 unspecified atom stereocenters. The van der Waals surface area contributed by atoms with E-state index >= 15 is 0 Å². The predicted molar refractivity (Wildman–Crippen MR) is 71.6 cm³/mol. The van der Waals surface area contributed by atoms with Crippen molar-refractivity contribution in [3.63, 3.8) is 0 Å². The van der Waals surface area contributed by atoms with Crippen LogP contribution in [0.3, 0.4) is 0 Å². The number of fused-ring (bicyclic) bond motifs is 1. The van der Waals surface area contributed by atoms with Crippen LogP contribution in [0.1, 0.15) is 0 Å². The molecule has 0 radical (unpaired) electrons. The molecular weight excluding hydrogens is 306 g/mol. The lowest BCUT2D eigenvalue weighted by Crippen LogP contribution is -2.24. The van der Waals surface area contributed by atoms with E-state index in [0.717, 1.165) is 6.07 Å². The van der Waals surface area contributed by atoms with Gasteiger partial charge in [0, 0.05) is 12.7 Å². The van der Waals surface area contributed by atoms with Gasteiger partial charge in [-0.2, -0.15) is 13.2 Å². The first-order valence-corrected chi connectivity index (χ1v) is 6.33. The summed E-state index contributed by atoms with van der Waals surface area (Å²) in [6.45, 7) is -1.71.